The van der Waals surface area contributed by atoms with Crippen molar-refractivity contribution in [1.29, 1.82) is 0 Å². The molecule has 2 unspecified atom stereocenters. The average molecular weight is 867 g/mol. The van der Waals surface area contributed by atoms with Crippen LogP contribution in [0.25, 0.3) is 104 Å². The zero-order valence-corrected chi connectivity index (χ0v) is 37.0. The Balaban J connectivity index is 0.909. The first-order chi connectivity index (χ1) is 33.7. The largest absolute Gasteiger partial charge is 0.317 e. The Morgan fingerprint density at radius 2 is 0.824 bits per heavy atom. The molecule has 2 atom stereocenters. The van der Waals surface area contributed by atoms with E-state index in [0.29, 0.717) is 0 Å². The van der Waals surface area contributed by atoms with Gasteiger partial charge in [-0.05, 0) is 125 Å². The topological polar surface area (TPSA) is 33.4 Å². The van der Waals surface area contributed by atoms with Gasteiger partial charge in [-0.3, -0.25) is 9.56 Å². The summed E-state index contributed by atoms with van der Waals surface area (Å²) < 4.78 is 2.26. The minimum absolute atomic E-state index is 0.0868. The maximum Gasteiger partial charge on any atom is 0.145 e. The van der Waals surface area contributed by atoms with Gasteiger partial charge in [-0.1, -0.05) is 194 Å². The lowest BCUT2D eigenvalue weighted by Crippen LogP contribution is -2.39. The number of para-hydroxylation sites is 4. The summed E-state index contributed by atoms with van der Waals surface area (Å²) in [6.45, 7) is 0. The van der Waals surface area contributed by atoms with Crippen LogP contribution in [-0.2, 0) is 0 Å². The standard InChI is InChI=1S/C64H42N4/c1-3-15-47(16-4-1)67-59-25-13-11-23-57(59)65-63(67)43-31-27-41(28-32-43)45-35-37-51-49-19-7-10-22-54(49)62-56-40-46(36-38-52(56)50-20-8-9-21-53(50)61(62)55(51)39-45)42-29-33-44(34-30-42)64-66-58-24-12-14-26-60(58)68(64)48-17-5-2-6-18-48/h1-40,57,59H. The summed E-state index contributed by atoms with van der Waals surface area (Å²) in [5.74, 6) is 1.93. The molecule has 11 aromatic carbocycles. The van der Waals surface area contributed by atoms with Gasteiger partial charge in [0, 0.05) is 22.5 Å². The summed E-state index contributed by atoms with van der Waals surface area (Å²) in [5, 5.41) is 12.6. The van der Waals surface area contributed by atoms with Gasteiger partial charge in [0.25, 0.3) is 0 Å². The highest BCUT2D eigenvalue weighted by atomic mass is 15.3. The summed E-state index contributed by atoms with van der Waals surface area (Å²) in [7, 11) is 0. The van der Waals surface area contributed by atoms with Crippen molar-refractivity contribution in [3.63, 3.8) is 0 Å². The molecular formula is C64H42N4. The Hall–Kier alpha value is -8.86. The van der Waals surface area contributed by atoms with E-state index in [4.69, 9.17) is 9.98 Å². The first kappa shape index (κ1) is 38.4. The lowest BCUT2D eigenvalue weighted by molar-refractivity contribution is 0.739. The third kappa shape index (κ3) is 6.01. The van der Waals surface area contributed by atoms with Gasteiger partial charge in [-0.2, -0.15) is 0 Å². The van der Waals surface area contributed by atoms with Crippen molar-refractivity contribution < 1.29 is 0 Å². The molecule has 2 heterocycles. The summed E-state index contributed by atoms with van der Waals surface area (Å²) in [5.41, 5.74) is 11.2. The van der Waals surface area contributed by atoms with Crippen LogP contribution in [-0.4, -0.2) is 27.5 Å². The molecule has 68 heavy (non-hydrogen) atoms. The fourth-order valence-corrected chi connectivity index (χ4v) is 11.1. The lowest BCUT2D eigenvalue weighted by Gasteiger charge is -2.29. The van der Waals surface area contributed by atoms with Gasteiger partial charge in [0.2, 0.25) is 0 Å². The van der Waals surface area contributed by atoms with E-state index >= 15 is 0 Å². The Kier molecular flexibility index (Phi) is 8.68. The first-order valence-corrected chi connectivity index (χ1v) is 23.5. The van der Waals surface area contributed by atoms with Crippen LogP contribution in [0, 0.1) is 0 Å². The van der Waals surface area contributed by atoms with Crippen molar-refractivity contribution in [1.82, 2.24) is 9.55 Å². The molecule has 2 aliphatic rings. The number of aliphatic imine (C=N–C) groups is 1. The molecule has 1 aromatic heterocycles. The molecule has 0 fully saturated rings. The highest BCUT2D eigenvalue weighted by molar-refractivity contribution is 6.39. The molecule has 0 amide bonds. The number of amidine groups is 1. The van der Waals surface area contributed by atoms with E-state index in [1.807, 2.05) is 0 Å². The molecular weight excluding hydrogens is 825 g/mol. The van der Waals surface area contributed by atoms with Crippen LogP contribution in [0.2, 0.25) is 0 Å². The minimum Gasteiger partial charge on any atom is -0.317 e. The molecule has 1 aliphatic carbocycles. The number of allylic oxidation sites excluding steroid dienone is 2. The summed E-state index contributed by atoms with van der Waals surface area (Å²) in [4.78, 5) is 12.8. The minimum atomic E-state index is 0.0868. The van der Waals surface area contributed by atoms with Gasteiger partial charge >= 0.3 is 0 Å². The van der Waals surface area contributed by atoms with E-state index in [-0.39, 0.29) is 12.1 Å². The monoisotopic (exact) mass is 866 g/mol. The SMILES string of the molecule is C1=CC2N=C(c3ccc(-c4ccc5c6ccccc6c6c7cc(-c8ccc(-c9nc%10ccccc%10n9-c9ccccc9)cc8)ccc7c7ccccc7c6c5c4)cc3)N(c3ccccc3)C2C=C1. The quantitative estimate of drug-likeness (QED) is 0.156. The van der Waals surface area contributed by atoms with E-state index in [1.54, 1.807) is 0 Å². The van der Waals surface area contributed by atoms with Gasteiger partial charge in [0.1, 0.15) is 11.7 Å². The maximum atomic E-state index is 5.26. The van der Waals surface area contributed by atoms with Crippen molar-refractivity contribution >= 4 is 76.4 Å². The Labute approximate surface area is 393 Å². The Morgan fingerprint density at radius 1 is 0.353 bits per heavy atom. The number of rotatable bonds is 6. The normalized spacial score (nSPS) is 15.6. The van der Waals surface area contributed by atoms with Crippen molar-refractivity contribution in [2.75, 3.05) is 4.90 Å². The number of nitrogens with zero attached hydrogens (tertiary/aromatic N) is 4. The maximum absolute atomic E-state index is 5.26. The number of benzene rings is 11. The number of hydrogen-bond acceptors (Lipinski definition) is 3. The molecule has 0 spiro atoms. The van der Waals surface area contributed by atoms with Crippen LogP contribution < -0.4 is 4.90 Å². The van der Waals surface area contributed by atoms with E-state index in [0.717, 1.165) is 50.8 Å². The lowest BCUT2D eigenvalue weighted by atomic mass is 9.85. The molecule has 0 saturated carbocycles. The van der Waals surface area contributed by atoms with E-state index in [1.165, 1.54) is 70.6 Å². The van der Waals surface area contributed by atoms with E-state index in [9.17, 15) is 0 Å². The molecule has 0 saturated heterocycles. The van der Waals surface area contributed by atoms with Gasteiger partial charge in [-0.15, -0.1) is 0 Å². The molecule has 0 radical (unpaired) electrons. The zero-order chi connectivity index (χ0) is 44.7. The smallest absolute Gasteiger partial charge is 0.145 e. The van der Waals surface area contributed by atoms with Crippen molar-refractivity contribution in [3.8, 4) is 39.3 Å². The molecule has 318 valence electrons. The molecule has 14 rings (SSSR count). The number of hydrogen-bond donors (Lipinski definition) is 0. The fourth-order valence-electron chi connectivity index (χ4n) is 11.1. The van der Waals surface area contributed by atoms with Crippen LogP contribution >= 0.6 is 0 Å². The first-order valence-electron chi connectivity index (χ1n) is 23.5. The Bertz CT molecular complexity index is 4070. The van der Waals surface area contributed by atoms with E-state index in [2.05, 4.69) is 252 Å². The van der Waals surface area contributed by atoms with Gasteiger partial charge in [-0.25, -0.2) is 4.98 Å². The highest BCUT2D eigenvalue weighted by Gasteiger charge is 2.35. The van der Waals surface area contributed by atoms with Crippen LogP contribution in [0.3, 0.4) is 0 Å². The van der Waals surface area contributed by atoms with E-state index < -0.39 is 0 Å². The third-order valence-corrected chi connectivity index (χ3v) is 14.2. The third-order valence-electron chi connectivity index (χ3n) is 14.2. The van der Waals surface area contributed by atoms with Crippen LogP contribution in [0.5, 0.6) is 0 Å². The molecule has 4 nitrogen and oxygen atoms in total. The van der Waals surface area contributed by atoms with Crippen LogP contribution in [0.15, 0.2) is 248 Å². The second kappa shape index (κ2) is 15.4. The van der Waals surface area contributed by atoms with Crippen molar-refractivity contribution in [2.45, 2.75) is 12.1 Å². The van der Waals surface area contributed by atoms with Gasteiger partial charge < -0.3 is 4.90 Å². The highest BCUT2D eigenvalue weighted by Crippen LogP contribution is 2.46. The molecule has 4 heteroatoms. The zero-order valence-electron chi connectivity index (χ0n) is 37.0. The van der Waals surface area contributed by atoms with Crippen LogP contribution in [0.4, 0.5) is 5.69 Å². The predicted octanol–water partition coefficient (Wildman–Crippen LogP) is 15.9. The predicted molar refractivity (Wildman–Crippen MR) is 286 cm³/mol. The number of fused-ring (bicyclic) bond motifs is 13. The Morgan fingerprint density at radius 3 is 1.44 bits per heavy atom. The second-order valence-corrected chi connectivity index (χ2v) is 18.0. The molecule has 0 N–H and O–H groups in total. The number of imidazole rings is 1. The summed E-state index contributed by atoms with van der Waals surface area (Å²) >= 11 is 0. The van der Waals surface area contributed by atoms with Crippen LogP contribution in [0.1, 0.15) is 5.56 Å². The van der Waals surface area contributed by atoms with Crippen molar-refractivity contribution in [3.05, 3.63) is 248 Å². The summed E-state index contributed by atoms with van der Waals surface area (Å²) in [6.07, 6.45) is 8.73. The van der Waals surface area contributed by atoms with Gasteiger partial charge in [0.05, 0.1) is 23.1 Å². The molecule has 12 aromatic rings. The van der Waals surface area contributed by atoms with Crippen molar-refractivity contribution in [2.24, 2.45) is 4.99 Å². The number of aromatic nitrogens is 2. The second-order valence-electron chi connectivity index (χ2n) is 18.0. The van der Waals surface area contributed by atoms with Gasteiger partial charge in [0.15, 0.2) is 0 Å². The average Bonchev–Trinajstić information content (AvgIpc) is 4.01. The fraction of sp³-hybridized carbons (Fsp3) is 0.0312. The molecule has 0 bridgehead atoms. The molecule has 1 aliphatic heterocycles. The number of anilines is 1. The summed E-state index contributed by atoms with van der Waals surface area (Å²) in [6, 6.07) is 79.8.